The van der Waals surface area contributed by atoms with E-state index in [1.165, 1.54) is 5.56 Å². The highest BCUT2D eigenvalue weighted by Crippen LogP contribution is 2.14. The van der Waals surface area contributed by atoms with Gasteiger partial charge in [-0.15, -0.1) is 0 Å². The smallest absolute Gasteiger partial charge is 0.0332 e. The van der Waals surface area contributed by atoms with Crippen molar-refractivity contribution >= 4 is 0 Å². The average Bonchev–Trinajstić information content (AvgIpc) is 2.52. The monoisotopic (exact) mass is 152 g/mol. The van der Waals surface area contributed by atoms with Gasteiger partial charge in [0.25, 0.3) is 0 Å². The molecule has 2 heteroatoms. The third-order valence-corrected chi connectivity index (χ3v) is 1.88. The lowest BCUT2D eigenvalue weighted by atomic mass is 10.1. The first-order valence-electron chi connectivity index (χ1n) is 4.24. The summed E-state index contributed by atoms with van der Waals surface area (Å²) in [6.45, 7) is 5.36. The van der Waals surface area contributed by atoms with Crippen LogP contribution in [-0.2, 0) is 0 Å². The van der Waals surface area contributed by atoms with Crippen LogP contribution in [0.4, 0.5) is 0 Å². The van der Waals surface area contributed by atoms with E-state index in [1.807, 2.05) is 6.20 Å². The van der Waals surface area contributed by atoms with Gasteiger partial charge in [0.1, 0.15) is 0 Å². The lowest BCUT2D eigenvalue weighted by Crippen LogP contribution is -2.19. The zero-order chi connectivity index (χ0) is 8.10. The standard InChI is InChI=1S/C9H16N2/c1-3-9(11-4-2)8-5-6-10-7-8/h5-7,9-11H,3-4H2,1-2H3. The molecule has 1 aromatic rings. The molecule has 1 atom stereocenters. The SMILES string of the molecule is CCNC(CC)c1cc[nH]c1. The third-order valence-electron chi connectivity index (χ3n) is 1.88. The van der Waals surface area contributed by atoms with Crippen LogP contribution in [0.2, 0.25) is 0 Å². The molecule has 0 radical (unpaired) electrons. The molecule has 2 N–H and O–H groups in total. The Morgan fingerprint density at radius 2 is 2.36 bits per heavy atom. The number of hydrogen-bond acceptors (Lipinski definition) is 1. The molecular formula is C9H16N2. The van der Waals surface area contributed by atoms with Crippen LogP contribution >= 0.6 is 0 Å². The number of aromatic nitrogens is 1. The van der Waals surface area contributed by atoms with Crippen LogP contribution in [0.1, 0.15) is 31.9 Å². The van der Waals surface area contributed by atoms with Crippen molar-refractivity contribution in [3.8, 4) is 0 Å². The minimum Gasteiger partial charge on any atom is -0.367 e. The number of nitrogens with one attached hydrogen (secondary N) is 2. The summed E-state index contributed by atoms with van der Waals surface area (Å²) in [5.41, 5.74) is 1.36. The van der Waals surface area contributed by atoms with E-state index in [0.29, 0.717) is 6.04 Å². The molecule has 0 saturated heterocycles. The minimum atomic E-state index is 0.520. The van der Waals surface area contributed by atoms with E-state index in [2.05, 4.69) is 36.4 Å². The lowest BCUT2D eigenvalue weighted by molar-refractivity contribution is 0.538. The minimum absolute atomic E-state index is 0.520. The molecule has 0 aliphatic heterocycles. The maximum absolute atomic E-state index is 3.41. The van der Waals surface area contributed by atoms with E-state index in [9.17, 15) is 0 Å². The van der Waals surface area contributed by atoms with Gasteiger partial charge in [0, 0.05) is 18.4 Å². The fraction of sp³-hybridized carbons (Fsp3) is 0.556. The summed E-state index contributed by atoms with van der Waals surface area (Å²) in [6.07, 6.45) is 5.16. The third kappa shape index (κ3) is 2.09. The average molecular weight is 152 g/mol. The van der Waals surface area contributed by atoms with Gasteiger partial charge in [0.15, 0.2) is 0 Å². The van der Waals surface area contributed by atoms with Crippen molar-refractivity contribution < 1.29 is 0 Å². The molecular weight excluding hydrogens is 136 g/mol. The van der Waals surface area contributed by atoms with Gasteiger partial charge in [0.05, 0.1) is 0 Å². The van der Waals surface area contributed by atoms with Gasteiger partial charge in [-0.1, -0.05) is 13.8 Å². The van der Waals surface area contributed by atoms with Crippen LogP contribution in [-0.4, -0.2) is 11.5 Å². The summed E-state index contributed by atoms with van der Waals surface area (Å²) < 4.78 is 0. The van der Waals surface area contributed by atoms with Crippen LogP contribution in [0.5, 0.6) is 0 Å². The lowest BCUT2D eigenvalue weighted by Gasteiger charge is -2.13. The van der Waals surface area contributed by atoms with Crippen molar-refractivity contribution in [1.82, 2.24) is 10.3 Å². The molecule has 0 aliphatic carbocycles. The Morgan fingerprint density at radius 1 is 1.55 bits per heavy atom. The normalized spacial score (nSPS) is 13.3. The molecule has 1 unspecified atom stereocenters. The topological polar surface area (TPSA) is 27.8 Å². The zero-order valence-corrected chi connectivity index (χ0v) is 7.22. The van der Waals surface area contributed by atoms with E-state index < -0.39 is 0 Å². The molecule has 0 saturated carbocycles. The summed E-state index contributed by atoms with van der Waals surface area (Å²) in [5.74, 6) is 0. The number of aromatic amines is 1. The van der Waals surface area contributed by atoms with E-state index in [-0.39, 0.29) is 0 Å². The van der Waals surface area contributed by atoms with E-state index in [4.69, 9.17) is 0 Å². The first kappa shape index (κ1) is 8.34. The fourth-order valence-corrected chi connectivity index (χ4v) is 1.30. The van der Waals surface area contributed by atoms with Gasteiger partial charge in [-0.2, -0.15) is 0 Å². The number of H-pyrrole nitrogens is 1. The largest absolute Gasteiger partial charge is 0.367 e. The second kappa shape index (κ2) is 4.19. The fourth-order valence-electron chi connectivity index (χ4n) is 1.30. The Kier molecular flexibility index (Phi) is 3.17. The molecule has 11 heavy (non-hydrogen) atoms. The summed E-state index contributed by atoms with van der Waals surface area (Å²) in [7, 11) is 0. The summed E-state index contributed by atoms with van der Waals surface area (Å²) in [5, 5.41) is 3.41. The van der Waals surface area contributed by atoms with Gasteiger partial charge >= 0.3 is 0 Å². The second-order valence-electron chi connectivity index (χ2n) is 2.66. The quantitative estimate of drug-likeness (QED) is 0.679. The molecule has 1 rings (SSSR count). The van der Waals surface area contributed by atoms with Crippen molar-refractivity contribution in [2.24, 2.45) is 0 Å². The summed E-state index contributed by atoms with van der Waals surface area (Å²) in [6, 6.07) is 2.64. The molecule has 0 amide bonds. The predicted octanol–water partition coefficient (Wildman–Crippen LogP) is 2.08. The van der Waals surface area contributed by atoms with Gasteiger partial charge in [0.2, 0.25) is 0 Å². The predicted molar refractivity (Wildman–Crippen MR) is 47.5 cm³/mol. The Hall–Kier alpha value is -0.760. The van der Waals surface area contributed by atoms with E-state index in [0.717, 1.165) is 13.0 Å². The van der Waals surface area contributed by atoms with Crippen molar-refractivity contribution in [3.63, 3.8) is 0 Å². The first-order chi connectivity index (χ1) is 5.38. The Labute approximate surface area is 68.0 Å². The van der Waals surface area contributed by atoms with Crippen LogP contribution < -0.4 is 5.32 Å². The van der Waals surface area contributed by atoms with Crippen LogP contribution in [0, 0.1) is 0 Å². The summed E-state index contributed by atoms with van der Waals surface area (Å²) in [4.78, 5) is 3.06. The van der Waals surface area contributed by atoms with Gasteiger partial charge in [-0.3, -0.25) is 0 Å². The van der Waals surface area contributed by atoms with Gasteiger partial charge < -0.3 is 10.3 Å². The van der Waals surface area contributed by atoms with E-state index in [1.54, 1.807) is 0 Å². The van der Waals surface area contributed by atoms with Crippen LogP contribution in [0.3, 0.4) is 0 Å². The van der Waals surface area contributed by atoms with Crippen molar-refractivity contribution in [1.29, 1.82) is 0 Å². The molecule has 0 fully saturated rings. The van der Waals surface area contributed by atoms with Crippen molar-refractivity contribution in [2.75, 3.05) is 6.54 Å². The number of hydrogen-bond donors (Lipinski definition) is 2. The molecule has 2 nitrogen and oxygen atoms in total. The Morgan fingerprint density at radius 3 is 2.82 bits per heavy atom. The Bertz CT molecular complexity index is 179. The first-order valence-corrected chi connectivity index (χ1v) is 4.24. The van der Waals surface area contributed by atoms with Crippen LogP contribution in [0.25, 0.3) is 0 Å². The number of rotatable bonds is 4. The Balaban J connectivity index is 2.56. The maximum atomic E-state index is 3.41. The molecule has 1 aromatic heterocycles. The van der Waals surface area contributed by atoms with E-state index >= 15 is 0 Å². The molecule has 0 aromatic carbocycles. The van der Waals surface area contributed by atoms with Crippen LogP contribution in [0.15, 0.2) is 18.5 Å². The highest BCUT2D eigenvalue weighted by atomic mass is 14.9. The second-order valence-corrected chi connectivity index (χ2v) is 2.66. The van der Waals surface area contributed by atoms with Gasteiger partial charge in [-0.05, 0) is 24.6 Å². The summed E-state index contributed by atoms with van der Waals surface area (Å²) >= 11 is 0. The van der Waals surface area contributed by atoms with Crippen molar-refractivity contribution in [2.45, 2.75) is 26.3 Å². The molecule has 0 spiro atoms. The molecule has 0 aliphatic rings. The molecule has 1 heterocycles. The maximum Gasteiger partial charge on any atom is 0.0332 e. The zero-order valence-electron chi connectivity index (χ0n) is 7.22. The molecule has 0 bridgehead atoms. The molecule has 62 valence electrons. The van der Waals surface area contributed by atoms with Crippen molar-refractivity contribution in [3.05, 3.63) is 24.0 Å². The van der Waals surface area contributed by atoms with Gasteiger partial charge in [-0.25, -0.2) is 0 Å². The highest BCUT2D eigenvalue weighted by Gasteiger charge is 2.05. The highest BCUT2D eigenvalue weighted by molar-refractivity contribution is 5.13.